The first-order valence-electron chi connectivity index (χ1n) is 6.43. The van der Waals surface area contributed by atoms with Crippen LogP contribution < -0.4 is 5.73 Å². The summed E-state index contributed by atoms with van der Waals surface area (Å²) >= 11 is 4.53. The van der Waals surface area contributed by atoms with Crippen LogP contribution in [0, 0.1) is 11.8 Å². The summed E-state index contributed by atoms with van der Waals surface area (Å²) in [6.07, 6.45) is -2.29. The average molecular weight is 297 g/mol. The first-order chi connectivity index (χ1) is 8.70. The van der Waals surface area contributed by atoms with Gasteiger partial charge in [-0.2, -0.15) is 13.2 Å². The van der Waals surface area contributed by atoms with Crippen LogP contribution >= 0.6 is 12.2 Å². The minimum absolute atomic E-state index is 0.148. The molecule has 0 bridgehead atoms. The van der Waals surface area contributed by atoms with E-state index in [9.17, 15) is 13.2 Å². The molecular weight excluding hydrogens is 275 g/mol. The zero-order chi connectivity index (χ0) is 14.6. The van der Waals surface area contributed by atoms with Crippen molar-refractivity contribution < 1.29 is 13.2 Å². The zero-order valence-electron chi connectivity index (χ0n) is 11.4. The predicted octanol–water partition coefficient (Wildman–Crippen LogP) is 1.72. The van der Waals surface area contributed by atoms with Gasteiger partial charge in [0.1, 0.15) is 5.92 Å². The summed E-state index contributed by atoms with van der Waals surface area (Å²) in [5.41, 5.74) is 5.20. The van der Waals surface area contributed by atoms with E-state index in [1.165, 1.54) is 0 Å². The summed E-state index contributed by atoms with van der Waals surface area (Å²) in [5.74, 6) is -1.25. The number of hydrogen-bond acceptors (Lipinski definition) is 3. The maximum atomic E-state index is 12.8. The van der Waals surface area contributed by atoms with Crippen LogP contribution in [0.25, 0.3) is 0 Å². The Kier molecular flexibility index (Phi) is 6.01. The Balaban J connectivity index is 2.45. The lowest BCUT2D eigenvalue weighted by atomic mass is 9.96. The van der Waals surface area contributed by atoms with Gasteiger partial charge in [-0.25, -0.2) is 0 Å². The van der Waals surface area contributed by atoms with Crippen LogP contribution in [0.5, 0.6) is 0 Å². The lowest BCUT2D eigenvalue weighted by Crippen LogP contribution is -2.44. The summed E-state index contributed by atoms with van der Waals surface area (Å²) in [7, 11) is 3.77. The van der Waals surface area contributed by atoms with Gasteiger partial charge in [0.25, 0.3) is 0 Å². The van der Waals surface area contributed by atoms with E-state index in [2.05, 4.69) is 24.2 Å². The Morgan fingerprint density at radius 1 is 1.42 bits per heavy atom. The maximum Gasteiger partial charge on any atom is 0.399 e. The van der Waals surface area contributed by atoms with E-state index in [-0.39, 0.29) is 6.54 Å². The Bertz CT molecular complexity index is 301. The SMILES string of the molecule is CN1CCC(CN(C)CC(C(N)=S)C(F)(F)F)CC1. The molecule has 3 nitrogen and oxygen atoms in total. The molecule has 0 saturated carbocycles. The fraction of sp³-hybridized carbons (Fsp3) is 0.917. The molecule has 7 heteroatoms. The van der Waals surface area contributed by atoms with Crippen LogP contribution in [-0.4, -0.2) is 61.2 Å². The third-order valence-corrected chi connectivity index (χ3v) is 3.93. The monoisotopic (exact) mass is 297 g/mol. The number of likely N-dealkylation sites (tertiary alicyclic amines) is 1. The van der Waals surface area contributed by atoms with Gasteiger partial charge in [-0.3, -0.25) is 0 Å². The number of nitrogens with zero attached hydrogens (tertiary/aromatic N) is 2. The second kappa shape index (κ2) is 6.85. The van der Waals surface area contributed by atoms with E-state index in [0.717, 1.165) is 25.9 Å². The van der Waals surface area contributed by atoms with Gasteiger partial charge in [0.15, 0.2) is 0 Å². The van der Waals surface area contributed by atoms with Crippen molar-refractivity contribution in [3.63, 3.8) is 0 Å². The quantitative estimate of drug-likeness (QED) is 0.783. The molecule has 1 aliphatic heterocycles. The predicted molar refractivity (Wildman–Crippen MR) is 74.0 cm³/mol. The highest BCUT2D eigenvalue weighted by Gasteiger charge is 2.42. The number of thiocarbonyl (C=S) groups is 1. The Morgan fingerprint density at radius 3 is 2.37 bits per heavy atom. The van der Waals surface area contributed by atoms with Crippen molar-refractivity contribution in [1.82, 2.24) is 9.80 Å². The van der Waals surface area contributed by atoms with Crippen molar-refractivity contribution in [3.8, 4) is 0 Å². The molecule has 0 aliphatic carbocycles. The number of piperidine rings is 1. The summed E-state index contributed by atoms with van der Waals surface area (Å²) in [6, 6.07) is 0. The highest BCUT2D eigenvalue weighted by molar-refractivity contribution is 7.80. The van der Waals surface area contributed by atoms with Crippen LogP contribution in [0.3, 0.4) is 0 Å². The molecule has 1 saturated heterocycles. The van der Waals surface area contributed by atoms with Crippen LogP contribution in [0.4, 0.5) is 13.2 Å². The third kappa shape index (κ3) is 5.62. The van der Waals surface area contributed by atoms with Crippen LogP contribution in [-0.2, 0) is 0 Å². The van der Waals surface area contributed by atoms with E-state index in [1.54, 1.807) is 11.9 Å². The van der Waals surface area contributed by atoms with Gasteiger partial charge in [0.2, 0.25) is 0 Å². The molecule has 0 aromatic carbocycles. The van der Waals surface area contributed by atoms with Crippen molar-refractivity contribution in [3.05, 3.63) is 0 Å². The van der Waals surface area contributed by atoms with E-state index >= 15 is 0 Å². The second-order valence-electron chi connectivity index (χ2n) is 5.46. The molecule has 0 radical (unpaired) electrons. The van der Waals surface area contributed by atoms with Gasteiger partial charge in [-0.15, -0.1) is 0 Å². The number of halogens is 3. The molecule has 0 aromatic heterocycles. The molecule has 1 unspecified atom stereocenters. The maximum absolute atomic E-state index is 12.8. The second-order valence-corrected chi connectivity index (χ2v) is 5.94. The fourth-order valence-electron chi connectivity index (χ4n) is 2.43. The normalized spacial score (nSPS) is 20.7. The summed E-state index contributed by atoms with van der Waals surface area (Å²) in [6.45, 7) is 2.54. The third-order valence-electron chi connectivity index (χ3n) is 3.64. The van der Waals surface area contributed by atoms with E-state index in [1.807, 2.05) is 0 Å². The first kappa shape index (κ1) is 16.7. The lowest BCUT2D eigenvalue weighted by Gasteiger charge is -2.33. The number of rotatable bonds is 5. The van der Waals surface area contributed by atoms with Crippen molar-refractivity contribution in [2.24, 2.45) is 17.6 Å². The molecule has 0 amide bonds. The summed E-state index contributed by atoms with van der Waals surface area (Å²) in [4.78, 5) is 3.47. The number of hydrogen-bond donors (Lipinski definition) is 1. The van der Waals surface area contributed by atoms with Gasteiger partial charge < -0.3 is 15.5 Å². The zero-order valence-corrected chi connectivity index (χ0v) is 12.2. The molecule has 0 aromatic rings. The Labute approximate surface area is 117 Å². The van der Waals surface area contributed by atoms with Gasteiger partial charge in [0.05, 0.1) is 4.99 Å². The molecule has 2 N–H and O–H groups in total. The van der Waals surface area contributed by atoms with Crippen LogP contribution in [0.15, 0.2) is 0 Å². The molecule has 0 spiro atoms. The highest BCUT2D eigenvalue weighted by Crippen LogP contribution is 2.27. The van der Waals surface area contributed by atoms with E-state index < -0.39 is 17.1 Å². The number of alkyl halides is 3. The first-order valence-corrected chi connectivity index (χ1v) is 6.84. The number of nitrogens with two attached hydrogens (primary N) is 1. The minimum atomic E-state index is -4.35. The lowest BCUT2D eigenvalue weighted by molar-refractivity contribution is -0.158. The Morgan fingerprint density at radius 2 is 1.95 bits per heavy atom. The highest BCUT2D eigenvalue weighted by atomic mass is 32.1. The standard InChI is InChI=1S/C12H22F3N3S/c1-17-5-3-9(4-6-17)7-18(2)8-10(11(16)19)12(13,14)15/h9-10H,3-8H2,1-2H3,(H2,16,19). The van der Waals surface area contributed by atoms with Crippen molar-refractivity contribution in [1.29, 1.82) is 0 Å². The van der Waals surface area contributed by atoms with Gasteiger partial charge in [-0.1, -0.05) is 12.2 Å². The summed E-state index contributed by atoms with van der Waals surface area (Å²) < 4.78 is 38.3. The molecule has 19 heavy (non-hydrogen) atoms. The molecule has 1 rings (SSSR count). The fourth-order valence-corrected chi connectivity index (χ4v) is 2.63. The van der Waals surface area contributed by atoms with Crippen molar-refractivity contribution in [2.75, 3.05) is 40.3 Å². The Hall–Kier alpha value is -0.400. The molecule has 1 heterocycles. The largest absolute Gasteiger partial charge is 0.399 e. The summed E-state index contributed by atoms with van der Waals surface area (Å²) in [5, 5.41) is 0. The van der Waals surface area contributed by atoms with Gasteiger partial charge in [-0.05, 0) is 45.9 Å². The molecule has 1 atom stereocenters. The van der Waals surface area contributed by atoms with Crippen molar-refractivity contribution >= 4 is 17.2 Å². The molecule has 112 valence electrons. The van der Waals surface area contributed by atoms with Gasteiger partial charge in [0, 0.05) is 13.1 Å². The molecule has 1 aliphatic rings. The average Bonchev–Trinajstić information content (AvgIpc) is 2.27. The van der Waals surface area contributed by atoms with Crippen molar-refractivity contribution in [2.45, 2.75) is 19.0 Å². The van der Waals surface area contributed by atoms with Gasteiger partial charge >= 0.3 is 6.18 Å². The van der Waals surface area contributed by atoms with Crippen LogP contribution in [0.2, 0.25) is 0 Å². The van der Waals surface area contributed by atoms with Crippen LogP contribution in [0.1, 0.15) is 12.8 Å². The van der Waals surface area contributed by atoms with E-state index in [4.69, 9.17) is 5.73 Å². The topological polar surface area (TPSA) is 32.5 Å². The smallest absolute Gasteiger partial charge is 0.393 e. The molecule has 1 fully saturated rings. The molecular formula is C12H22F3N3S. The minimum Gasteiger partial charge on any atom is -0.393 e. The van der Waals surface area contributed by atoms with E-state index in [0.29, 0.717) is 12.5 Å².